The third-order valence-corrected chi connectivity index (χ3v) is 5.89. The molecule has 33 heavy (non-hydrogen) atoms. The van der Waals surface area contributed by atoms with Gasteiger partial charge in [0, 0.05) is 42.5 Å². The Morgan fingerprint density at radius 1 is 1.21 bits per heavy atom. The lowest BCUT2D eigenvalue weighted by atomic mass is 10.0. The zero-order valence-electron chi connectivity index (χ0n) is 19.3. The van der Waals surface area contributed by atoms with Crippen LogP contribution in [0.15, 0.2) is 77.7 Å². The Morgan fingerprint density at radius 2 is 1.94 bits per heavy atom. The molecule has 1 aromatic carbocycles. The highest BCUT2D eigenvalue weighted by molar-refractivity contribution is 8.02. The fraction of sp³-hybridized carbons (Fsp3) is 0.320. The summed E-state index contributed by atoms with van der Waals surface area (Å²) in [4.78, 5) is 33.6. The van der Waals surface area contributed by atoms with Crippen LogP contribution in [0.1, 0.15) is 32.8 Å². The summed E-state index contributed by atoms with van der Waals surface area (Å²) in [5.74, 6) is 0.317. The monoisotopic (exact) mass is 466 g/mol. The molecule has 0 unspecified atom stereocenters. The summed E-state index contributed by atoms with van der Waals surface area (Å²) in [5, 5.41) is 0.560. The van der Waals surface area contributed by atoms with E-state index in [0.29, 0.717) is 40.7 Å². The summed E-state index contributed by atoms with van der Waals surface area (Å²) in [6.07, 6.45) is 3.45. The summed E-state index contributed by atoms with van der Waals surface area (Å²) < 4.78 is 5.49. The van der Waals surface area contributed by atoms with Gasteiger partial charge >= 0.3 is 6.09 Å². The molecule has 7 nitrogen and oxygen atoms in total. The van der Waals surface area contributed by atoms with Crippen molar-refractivity contribution in [3.05, 3.63) is 83.3 Å². The Morgan fingerprint density at radius 3 is 2.58 bits per heavy atom. The number of para-hydroxylation sites is 1. The van der Waals surface area contributed by atoms with Gasteiger partial charge in [-0.25, -0.2) is 4.79 Å². The number of aromatic nitrogens is 1. The van der Waals surface area contributed by atoms with Crippen molar-refractivity contribution in [3.8, 4) is 0 Å². The molecule has 0 aliphatic carbocycles. The molecule has 0 saturated heterocycles. The second-order valence-electron chi connectivity index (χ2n) is 8.68. The molecule has 8 heteroatoms. The van der Waals surface area contributed by atoms with Gasteiger partial charge in [0.15, 0.2) is 0 Å². The Bertz CT molecular complexity index is 1030. The van der Waals surface area contributed by atoms with E-state index in [1.54, 1.807) is 17.3 Å². The highest BCUT2D eigenvalue weighted by Gasteiger charge is 2.32. The number of amides is 2. The molecule has 0 saturated carbocycles. The smallest absolute Gasteiger partial charge is 0.410 e. The van der Waals surface area contributed by atoms with E-state index in [1.165, 1.54) is 16.7 Å². The lowest BCUT2D eigenvalue weighted by molar-refractivity contribution is -0.115. The van der Waals surface area contributed by atoms with Crippen molar-refractivity contribution in [2.75, 3.05) is 18.0 Å². The molecular weight excluding hydrogens is 436 g/mol. The third-order valence-electron chi connectivity index (χ3n) is 4.89. The van der Waals surface area contributed by atoms with Crippen molar-refractivity contribution >= 4 is 29.4 Å². The molecule has 174 valence electrons. The minimum atomic E-state index is -0.624. The first kappa shape index (κ1) is 24.4. The lowest BCUT2D eigenvalue weighted by Gasteiger charge is -2.33. The number of rotatable bonds is 6. The van der Waals surface area contributed by atoms with Gasteiger partial charge in [-0.1, -0.05) is 30.8 Å². The molecule has 2 aromatic rings. The molecule has 3 rings (SSSR count). The molecule has 2 N–H and O–H groups in total. The zero-order valence-corrected chi connectivity index (χ0v) is 20.1. The van der Waals surface area contributed by atoms with Crippen molar-refractivity contribution in [1.29, 1.82) is 0 Å². The largest absolute Gasteiger partial charge is 0.444 e. The van der Waals surface area contributed by atoms with Crippen LogP contribution in [-0.4, -0.2) is 40.6 Å². The topological polar surface area (TPSA) is 88.8 Å². The second kappa shape index (κ2) is 10.6. The van der Waals surface area contributed by atoms with Crippen LogP contribution in [0.25, 0.3) is 0 Å². The standard InChI is InChI=1S/C25H30N4O3S/c1-18(33-17-19-9-8-13-27-15-19)29(20-10-6-5-7-11-20)23(30)21-16-28(14-12-22(21)26)24(31)32-25(2,3)4/h5-11,13,15H,1,12,14,16-17,26H2,2-4H3. The SMILES string of the molecule is C=C(SCc1cccnc1)N(C(=O)C1=C(N)CCN(C(=O)OC(C)(C)C)C1)c1ccccc1. The van der Waals surface area contributed by atoms with Crippen molar-refractivity contribution < 1.29 is 14.3 Å². The zero-order chi connectivity index (χ0) is 24.0. The summed E-state index contributed by atoms with van der Waals surface area (Å²) in [6, 6.07) is 13.1. The normalized spacial score (nSPS) is 14.1. The van der Waals surface area contributed by atoms with Gasteiger partial charge in [-0.3, -0.25) is 14.7 Å². The van der Waals surface area contributed by atoms with Gasteiger partial charge in [-0.2, -0.15) is 0 Å². The van der Waals surface area contributed by atoms with Crippen molar-refractivity contribution in [1.82, 2.24) is 9.88 Å². The average molecular weight is 467 g/mol. The average Bonchev–Trinajstić information content (AvgIpc) is 2.78. The lowest BCUT2D eigenvalue weighted by Crippen LogP contribution is -2.45. The fourth-order valence-electron chi connectivity index (χ4n) is 3.27. The van der Waals surface area contributed by atoms with Gasteiger partial charge in [0.05, 0.1) is 17.1 Å². The molecule has 2 heterocycles. The molecular formula is C25H30N4O3S. The van der Waals surface area contributed by atoms with Gasteiger partial charge in [-0.15, -0.1) is 11.8 Å². The minimum absolute atomic E-state index is 0.0868. The van der Waals surface area contributed by atoms with Crippen LogP contribution >= 0.6 is 11.8 Å². The molecule has 1 aliphatic rings. The van der Waals surface area contributed by atoms with E-state index in [9.17, 15) is 9.59 Å². The number of benzene rings is 1. The maximum atomic E-state index is 13.7. The van der Waals surface area contributed by atoms with E-state index in [2.05, 4.69) is 11.6 Å². The molecule has 0 fully saturated rings. The number of thioether (sulfide) groups is 1. The minimum Gasteiger partial charge on any atom is -0.444 e. The maximum Gasteiger partial charge on any atom is 0.410 e. The number of carbonyl (C=O) groups excluding carboxylic acids is 2. The molecule has 0 atom stereocenters. The number of nitrogens with zero attached hydrogens (tertiary/aromatic N) is 3. The van der Waals surface area contributed by atoms with Crippen LogP contribution in [0, 0.1) is 0 Å². The van der Waals surface area contributed by atoms with Gasteiger partial charge in [0.25, 0.3) is 5.91 Å². The van der Waals surface area contributed by atoms with E-state index in [0.717, 1.165) is 5.56 Å². The first-order chi connectivity index (χ1) is 15.7. The third kappa shape index (κ3) is 6.61. The van der Waals surface area contributed by atoms with Crippen LogP contribution < -0.4 is 10.6 Å². The number of nitrogens with two attached hydrogens (primary N) is 1. The number of hydrogen-bond acceptors (Lipinski definition) is 6. The summed E-state index contributed by atoms with van der Waals surface area (Å²) >= 11 is 1.44. The van der Waals surface area contributed by atoms with E-state index < -0.39 is 11.7 Å². The summed E-state index contributed by atoms with van der Waals surface area (Å²) in [6.45, 7) is 10.1. The Kier molecular flexibility index (Phi) is 7.81. The van der Waals surface area contributed by atoms with Crippen molar-refractivity contribution in [3.63, 3.8) is 0 Å². The van der Waals surface area contributed by atoms with Crippen LogP contribution in [0.4, 0.5) is 10.5 Å². The predicted octanol–water partition coefficient (Wildman–Crippen LogP) is 4.67. The number of carbonyl (C=O) groups is 2. The maximum absolute atomic E-state index is 13.7. The van der Waals surface area contributed by atoms with E-state index >= 15 is 0 Å². The number of anilines is 1. The van der Waals surface area contributed by atoms with Gasteiger partial charge in [-0.05, 0) is 44.5 Å². The molecule has 2 amide bonds. The molecule has 1 aromatic heterocycles. The van der Waals surface area contributed by atoms with Gasteiger partial charge in [0.2, 0.25) is 0 Å². The van der Waals surface area contributed by atoms with E-state index in [4.69, 9.17) is 10.5 Å². The molecule has 0 spiro atoms. The number of hydrogen-bond donors (Lipinski definition) is 1. The fourth-order valence-corrected chi connectivity index (χ4v) is 4.09. The molecule has 0 bridgehead atoms. The van der Waals surface area contributed by atoms with Crippen LogP contribution in [0.3, 0.4) is 0 Å². The predicted molar refractivity (Wildman–Crippen MR) is 132 cm³/mol. The number of ether oxygens (including phenoxy) is 1. The van der Waals surface area contributed by atoms with Crippen LogP contribution in [-0.2, 0) is 15.3 Å². The Balaban J connectivity index is 1.83. The Hall–Kier alpha value is -3.26. The van der Waals surface area contributed by atoms with Gasteiger partial charge < -0.3 is 15.4 Å². The highest BCUT2D eigenvalue weighted by atomic mass is 32.2. The van der Waals surface area contributed by atoms with Crippen LogP contribution in [0.5, 0.6) is 0 Å². The summed E-state index contributed by atoms with van der Waals surface area (Å²) in [7, 11) is 0. The number of pyridine rings is 1. The highest BCUT2D eigenvalue weighted by Crippen LogP contribution is 2.31. The quantitative estimate of drug-likeness (QED) is 0.665. The van der Waals surface area contributed by atoms with E-state index in [1.807, 2.05) is 63.2 Å². The summed E-state index contributed by atoms with van der Waals surface area (Å²) in [5.41, 5.74) is 8.19. The van der Waals surface area contributed by atoms with E-state index in [-0.39, 0.29) is 12.5 Å². The molecule has 0 radical (unpaired) electrons. The van der Waals surface area contributed by atoms with Crippen molar-refractivity contribution in [2.45, 2.75) is 38.5 Å². The first-order valence-electron chi connectivity index (χ1n) is 10.7. The second-order valence-corrected chi connectivity index (χ2v) is 9.72. The van der Waals surface area contributed by atoms with Crippen molar-refractivity contribution in [2.24, 2.45) is 5.73 Å². The van der Waals surface area contributed by atoms with Gasteiger partial charge in [0.1, 0.15) is 5.60 Å². The first-order valence-corrected chi connectivity index (χ1v) is 11.7. The Labute approximate surface area is 199 Å². The van der Waals surface area contributed by atoms with Crippen LogP contribution in [0.2, 0.25) is 0 Å². The molecule has 1 aliphatic heterocycles.